The number of thioether (sulfide) groups is 1. The van der Waals surface area contributed by atoms with Gasteiger partial charge >= 0.3 is 0 Å². The fourth-order valence-electron chi connectivity index (χ4n) is 1.40. The van der Waals surface area contributed by atoms with Crippen LogP contribution in [0, 0.1) is 0 Å². The molecule has 0 fully saturated rings. The van der Waals surface area contributed by atoms with E-state index in [4.69, 9.17) is 11.6 Å². The molecule has 1 N–H and O–H groups in total. The molecule has 0 bridgehead atoms. The van der Waals surface area contributed by atoms with E-state index in [2.05, 4.69) is 30.6 Å². The van der Waals surface area contributed by atoms with Gasteiger partial charge in [0.1, 0.15) is 0 Å². The lowest BCUT2D eigenvalue weighted by molar-refractivity contribution is 0.572. The van der Waals surface area contributed by atoms with Crippen LogP contribution in [-0.4, -0.2) is 18.6 Å². The van der Waals surface area contributed by atoms with Crippen molar-refractivity contribution in [2.24, 2.45) is 0 Å². The van der Waals surface area contributed by atoms with Crippen molar-refractivity contribution >= 4 is 23.4 Å². The molecule has 0 amide bonds. The van der Waals surface area contributed by atoms with Gasteiger partial charge in [-0.25, -0.2) is 0 Å². The summed E-state index contributed by atoms with van der Waals surface area (Å²) >= 11 is 7.73. The molecule has 0 saturated carbocycles. The zero-order valence-corrected chi connectivity index (χ0v) is 10.9. The minimum atomic E-state index is 0.407. The second-order valence-electron chi connectivity index (χ2n) is 3.57. The van der Waals surface area contributed by atoms with E-state index < -0.39 is 0 Å². The number of benzene rings is 1. The van der Waals surface area contributed by atoms with Crippen molar-refractivity contribution in [3.05, 3.63) is 34.9 Å². The summed E-state index contributed by atoms with van der Waals surface area (Å²) in [6.07, 6.45) is 3.36. The summed E-state index contributed by atoms with van der Waals surface area (Å²) in [5.41, 5.74) is 1.29. The predicted octanol–water partition coefficient (Wildman–Crippen LogP) is 3.74. The molecular weight excluding hydrogens is 226 g/mol. The van der Waals surface area contributed by atoms with Crippen LogP contribution < -0.4 is 5.32 Å². The van der Waals surface area contributed by atoms with E-state index in [1.807, 2.05) is 23.9 Å². The van der Waals surface area contributed by atoms with Crippen LogP contribution in [0.25, 0.3) is 0 Å². The van der Waals surface area contributed by atoms with Gasteiger partial charge in [-0.1, -0.05) is 23.7 Å². The molecule has 0 radical (unpaired) electrons. The molecule has 1 nitrogen and oxygen atoms in total. The lowest BCUT2D eigenvalue weighted by Gasteiger charge is -2.13. The molecule has 1 atom stereocenters. The van der Waals surface area contributed by atoms with Crippen LogP contribution in [0.2, 0.25) is 5.02 Å². The van der Waals surface area contributed by atoms with Crippen molar-refractivity contribution in [2.75, 3.05) is 18.6 Å². The Morgan fingerprint density at radius 1 is 1.33 bits per heavy atom. The van der Waals surface area contributed by atoms with E-state index >= 15 is 0 Å². The molecule has 84 valence electrons. The van der Waals surface area contributed by atoms with E-state index in [9.17, 15) is 0 Å². The van der Waals surface area contributed by atoms with Crippen LogP contribution in [0.3, 0.4) is 0 Å². The molecule has 0 unspecified atom stereocenters. The molecule has 15 heavy (non-hydrogen) atoms. The summed E-state index contributed by atoms with van der Waals surface area (Å²) in [4.78, 5) is 0. The number of nitrogens with one attached hydrogen (secondary N) is 1. The predicted molar refractivity (Wildman–Crippen MR) is 70.9 cm³/mol. The molecule has 0 spiro atoms. The van der Waals surface area contributed by atoms with Crippen LogP contribution in [0.1, 0.15) is 24.9 Å². The van der Waals surface area contributed by atoms with Crippen molar-refractivity contribution in [2.45, 2.75) is 19.4 Å². The molecule has 1 aromatic carbocycles. The number of hydrogen-bond donors (Lipinski definition) is 1. The molecule has 0 aliphatic rings. The fraction of sp³-hybridized carbons (Fsp3) is 0.500. The van der Waals surface area contributed by atoms with E-state index in [0.29, 0.717) is 6.04 Å². The van der Waals surface area contributed by atoms with E-state index in [-0.39, 0.29) is 0 Å². The van der Waals surface area contributed by atoms with Gasteiger partial charge < -0.3 is 5.32 Å². The molecule has 0 heterocycles. The minimum absolute atomic E-state index is 0.407. The smallest absolute Gasteiger partial charge is 0.0406 e. The third-order valence-corrected chi connectivity index (χ3v) is 3.29. The highest BCUT2D eigenvalue weighted by Crippen LogP contribution is 2.15. The van der Waals surface area contributed by atoms with Crippen LogP contribution in [-0.2, 0) is 0 Å². The van der Waals surface area contributed by atoms with Crippen LogP contribution in [0.15, 0.2) is 24.3 Å². The van der Waals surface area contributed by atoms with Crippen molar-refractivity contribution in [3.8, 4) is 0 Å². The molecular formula is C12H18ClNS. The Morgan fingerprint density at radius 2 is 2.00 bits per heavy atom. The van der Waals surface area contributed by atoms with Gasteiger partial charge in [0.15, 0.2) is 0 Å². The van der Waals surface area contributed by atoms with Crippen molar-refractivity contribution < 1.29 is 0 Å². The van der Waals surface area contributed by atoms with Gasteiger partial charge in [0.2, 0.25) is 0 Å². The van der Waals surface area contributed by atoms with E-state index in [0.717, 1.165) is 11.6 Å². The number of halogens is 1. The third-order valence-electron chi connectivity index (χ3n) is 2.35. The first-order valence-electron chi connectivity index (χ1n) is 5.22. The van der Waals surface area contributed by atoms with Crippen molar-refractivity contribution in [3.63, 3.8) is 0 Å². The molecule has 1 rings (SSSR count). The molecule has 0 saturated heterocycles. The van der Waals surface area contributed by atoms with Crippen molar-refractivity contribution in [1.29, 1.82) is 0 Å². The third kappa shape index (κ3) is 4.92. The Labute approximate surface area is 102 Å². The zero-order chi connectivity index (χ0) is 11.1. The maximum atomic E-state index is 5.84. The maximum absolute atomic E-state index is 5.84. The van der Waals surface area contributed by atoms with Gasteiger partial charge in [-0.05, 0) is 49.6 Å². The van der Waals surface area contributed by atoms with Gasteiger partial charge in [0.25, 0.3) is 0 Å². The average molecular weight is 244 g/mol. The van der Waals surface area contributed by atoms with Crippen LogP contribution in [0.5, 0.6) is 0 Å². The van der Waals surface area contributed by atoms with Gasteiger partial charge in [-0.15, -0.1) is 0 Å². The topological polar surface area (TPSA) is 12.0 Å². The Balaban J connectivity index is 2.33. The first-order valence-corrected chi connectivity index (χ1v) is 6.99. The normalized spacial score (nSPS) is 12.7. The summed E-state index contributed by atoms with van der Waals surface area (Å²) in [6, 6.07) is 8.45. The lowest BCUT2D eigenvalue weighted by atomic mass is 10.1. The quantitative estimate of drug-likeness (QED) is 0.764. The monoisotopic (exact) mass is 243 g/mol. The first-order chi connectivity index (χ1) is 7.24. The molecule has 3 heteroatoms. The van der Waals surface area contributed by atoms with E-state index in [1.54, 1.807) is 0 Å². The molecule has 1 aromatic rings. The van der Waals surface area contributed by atoms with Gasteiger partial charge in [-0.3, -0.25) is 0 Å². The zero-order valence-electron chi connectivity index (χ0n) is 9.29. The standard InChI is InChI=1S/C12H18ClNS/c1-10(14-8-3-9-15-2)11-4-6-12(13)7-5-11/h4-7,10,14H,3,8-9H2,1-2H3/t10-/m0/s1. The van der Waals surface area contributed by atoms with Crippen LogP contribution >= 0.6 is 23.4 Å². The minimum Gasteiger partial charge on any atom is -0.310 e. The highest BCUT2D eigenvalue weighted by molar-refractivity contribution is 7.98. The summed E-state index contributed by atoms with van der Waals surface area (Å²) in [6.45, 7) is 3.26. The highest BCUT2D eigenvalue weighted by atomic mass is 35.5. The lowest BCUT2D eigenvalue weighted by Crippen LogP contribution is -2.20. The number of rotatable bonds is 6. The van der Waals surface area contributed by atoms with Crippen molar-refractivity contribution in [1.82, 2.24) is 5.32 Å². The maximum Gasteiger partial charge on any atom is 0.0406 e. The van der Waals surface area contributed by atoms with Crippen LogP contribution in [0.4, 0.5) is 0 Å². The largest absolute Gasteiger partial charge is 0.310 e. The Bertz CT molecular complexity index is 273. The van der Waals surface area contributed by atoms with Gasteiger partial charge in [0, 0.05) is 11.1 Å². The van der Waals surface area contributed by atoms with Gasteiger partial charge in [0.05, 0.1) is 0 Å². The molecule has 0 aliphatic carbocycles. The second kappa shape index (κ2) is 7.15. The summed E-state index contributed by atoms with van der Waals surface area (Å²) < 4.78 is 0. The Kier molecular flexibility index (Phi) is 6.15. The Hall–Kier alpha value is -0.180. The molecule has 0 aromatic heterocycles. The SMILES string of the molecule is CSCCCN[C@@H](C)c1ccc(Cl)cc1. The molecule has 0 aliphatic heterocycles. The highest BCUT2D eigenvalue weighted by Gasteiger charge is 2.03. The summed E-state index contributed by atoms with van der Waals surface area (Å²) in [5.74, 6) is 1.22. The van der Waals surface area contributed by atoms with E-state index in [1.165, 1.54) is 17.7 Å². The average Bonchev–Trinajstić information content (AvgIpc) is 2.25. The van der Waals surface area contributed by atoms with Gasteiger partial charge in [-0.2, -0.15) is 11.8 Å². The second-order valence-corrected chi connectivity index (χ2v) is 5.00. The summed E-state index contributed by atoms with van der Waals surface area (Å²) in [7, 11) is 0. The number of hydrogen-bond acceptors (Lipinski definition) is 2. The first kappa shape index (κ1) is 12.9. The fourth-order valence-corrected chi connectivity index (χ4v) is 1.96. The summed E-state index contributed by atoms with van der Waals surface area (Å²) in [5, 5.41) is 4.30. The Morgan fingerprint density at radius 3 is 2.60 bits per heavy atom.